The highest BCUT2D eigenvalue weighted by Crippen LogP contribution is 2.68. The average molecular weight is 883 g/mol. The van der Waals surface area contributed by atoms with Crippen LogP contribution in [0.25, 0.3) is 0 Å². The van der Waals surface area contributed by atoms with E-state index in [0.29, 0.717) is 35.6 Å². The SMILES string of the molecule is CC.CC.CCCC/C=C\CCCCCC.CCCCCCCC/C=C\CCCCCCCC(=O)NC1CCC2(C)C(CCC3C4CCC(CCCC(=O)NNC)C4(C)CCC32)C1. The summed E-state index contributed by atoms with van der Waals surface area (Å²) in [7, 11) is 1.76. The van der Waals surface area contributed by atoms with E-state index in [-0.39, 0.29) is 5.91 Å². The molecule has 0 heterocycles. The molecule has 4 saturated carbocycles. The van der Waals surface area contributed by atoms with Gasteiger partial charge in [-0.1, -0.05) is 170 Å². The first-order valence-corrected chi connectivity index (χ1v) is 28.3. The molecule has 0 aromatic carbocycles. The monoisotopic (exact) mass is 882 g/mol. The van der Waals surface area contributed by atoms with Crippen LogP contribution in [0, 0.1) is 40.4 Å². The van der Waals surface area contributed by atoms with Gasteiger partial charge in [-0.15, -0.1) is 0 Å². The third kappa shape index (κ3) is 22.6. The van der Waals surface area contributed by atoms with E-state index >= 15 is 0 Å². The van der Waals surface area contributed by atoms with E-state index in [4.69, 9.17) is 0 Å². The first kappa shape index (κ1) is 59.4. The molecule has 8 atom stereocenters. The maximum atomic E-state index is 12.9. The summed E-state index contributed by atoms with van der Waals surface area (Å²) in [4.78, 5) is 24.9. The number of nitrogens with one attached hydrogen (secondary N) is 3. The van der Waals surface area contributed by atoms with Gasteiger partial charge in [-0.05, 0) is 162 Å². The summed E-state index contributed by atoms with van der Waals surface area (Å²) in [5, 5.41) is 3.49. The summed E-state index contributed by atoms with van der Waals surface area (Å²) in [6.45, 7) is 20.1. The Balaban J connectivity index is 0.00000106. The molecular weight excluding hydrogens is 771 g/mol. The van der Waals surface area contributed by atoms with E-state index in [0.717, 1.165) is 42.4 Å². The van der Waals surface area contributed by atoms with Crippen LogP contribution in [-0.2, 0) is 9.59 Å². The number of hydrazine groups is 1. The Bertz CT molecular complexity index is 1170. The van der Waals surface area contributed by atoms with Crippen LogP contribution in [0.2, 0.25) is 0 Å². The molecule has 4 aliphatic carbocycles. The van der Waals surface area contributed by atoms with Gasteiger partial charge in [0.05, 0.1) is 0 Å². The summed E-state index contributed by atoms with van der Waals surface area (Å²) in [5.41, 5.74) is 6.43. The zero-order chi connectivity index (χ0) is 46.6. The lowest BCUT2D eigenvalue weighted by Gasteiger charge is -2.61. The molecule has 0 spiro atoms. The van der Waals surface area contributed by atoms with Gasteiger partial charge in [-0.3, -0.25) is 15.0 Å². The lowest BCUT2D eigenvalue weighted by atomic mass is 9.44. The van der Waals surface area contributed by atoms with Crippen molar-refractivity contribution in [3.8, 4) is 0 Å². The third-order valence-corrected chi connectivity index (χ3v) is 16.2. The second-order valence-electron chi connectivity index (χ2n) is 20.5. The molecule has 0 aromatic heterocycles. The second kappa shape index (κ2) is 37.5. The van der Waals surface area contributed by atoms with Crippen LogP contribution in [0.15, 0.2) is 24.3 Å². The van der Waals surface area contributed by atoms with Gasteiger partial charge >= 0.3 is 0 Å². The van der Waals surface area contributed by atoms with Crippen molar-refractivity contribution in [3.63, 3.8) is 0 Å². The summed E-state index contributed by atoms with van der Waals surface area (Å²) in [6.07, 6.45) is 52.7. The Kier molecular flexibility index (Phi) is 35.3. The average Bonchev–Trinajstić information content (AvgIpc) is 3.63. The number of hydrogen-bond acceptors (Lipinski definition) is 3. The first-order chi connectivity index (χ1) is 30.7. The zero-order valence-electron chi connectivity index (χ0n) is 44.1. The molecule has 4 aliphatic rings. The first-order valence-electron chi connectivity index (χ1n) is 28.3. The number of unbranched alkanes of at least 4 members (excludes halogenated alkanes) is 17. The van der Waals surface area contributed by atoms with Gasteiger partial charge in [0.1, 0.15) is 0 Å². The van der Waals surface area contributed by atoms with E-state index in [1.807, 2.05) is 27.7 Å². The van der Waals surface area contributed by atoms with E-state index in [2.05, 4.69) is 75.1 Å². The smallest absolute Gasteiger partial charge is 0.234 e. The number of carbonyl (C=O) groups excluding carboxylic acids is 2. The number of carbonyl (C=O) groups is 2. The molecule has 4 fully saturated rings. The minimum Gasteiger partial charge on any atom is -0.353 e. The lowest BCUT2D eigenvalue weighted by Crippen LogP contribution is -2.55. The number of rotatable bonds is 29. The van der Waals surface area contributed by atoms with Gasteiger partial charge < -0.3 is 5.32 Å². The molecule has 3 N–H and O–H groups in total. The molecule has 0 aromatic rings. The van der Waals surface area contributed by atoms with Gasteiger partial charge in [0.15, 0.2) is 0 Å². The van der Waals surface area contributed by atoms with E-state index < -0.39 is 0 Å². The highest BCUT2D eigenvalue weighted by atomic mass is 16.2. The summed E-state index contributed by atoms with van der Waals surface area (Å²) < 4.78 is 0. The third-order valence-electron chi connectivity index (χ3n) is 16.2. The van der Waals surface area contributed by atoms with Crippen molar-refractivity contribution < 1.29 is 9.59 Å². The Labute approximate surface area is 394 Å². The van der Waals surface area contributed by atoms with Crippen molar-refractivity contribution in [1.29, 1.82) is 0 Å². The van der Waals surface area contributed by atoms with Gasteiger partial charge in [0.25, 0.3) is 0 Å². The van der Waals surface area contributed by atoms with Crippen molar-refractivity contribution in [2.24, 2.45) is 40.4 Å². The highest BCUT2D eigenvalue weighted by molar-refractivity contribution is 5.76. The number of fused-ring (bicyclic) bond motifs is 5. The molecule has 0 aliphatic heterocycles. The fraction of sp³-hybridized carbons (Fsp3) is 0.897. The van der Waals surface area contributed by atoms with Crippen LogP contribution >= 0.6 is 0 Å². The maximum absolute atomic E-state index is 12.9. The van der Waals surface area contributed by atoms with Gasteiger partial charge in [-0.25, -0.2) is 5.43 Å². The molecule has 63 heavy (non-hydrogen) atoms. The minimum atomic E-state index is 0.122. The maximum Gasteiger partial charge on any atom is 0.234 e. The summed E-state index contributed by atoms with van der Waals surface area (Å²) >= 11 is 0. The Morgan fingerprint density at radius 2 is 1.02 bits per heavy atom. The predicted octanol–water partition coefficient (Wildman–Crippen LogP) is 17.3. The summed E-state index contributed by atoms with van der Waals surface area (Å²) in [6, 6.07) is 0.394. The van der Waals surface area contributed by atoms with Crippen LogP contribution in [0.3, 0.4) is 0 Å². The molecule has 2 amide bonds. The lowest BCUT2D eigenvalue weighted by molar-refractivity contribution is -0.127. The molecule has 5 nitrogen and oxygen atoms in total. The topological polar surface area (TPSA) is 70.2 Å². The van der Waals surface area contributed by atoms with E-state index in [9.17, 15) is 9.59 Å². The molecule has 0 radical (unpaired) electrons. The van der Waals surface area contributed by atoms with Crippen molar-refractivity contribution in [3.05, 3.63) is 24.3 Å². The largest absolute Gasteiger partial charge is 0.353 e. The van der Waals surface area contributed by atoms with Crippen molar-refractivity contribution in [2.45, 2.75) is 287 Å². The van der Waals surface area contributed by atoms with Crippen LogP contribution in [0.1, 0.15) is 281 Å². The second-order valence-corrected chi connectivity index (χ2v) is 20.5. The highest BCUT2D eigenvalue weighted by Gasteiger charge is 2.60. The minimum absolute atomic E-state index is 0.122. The Morgan fingerprint density at radius 3 is 1.60 bits per heavy atom. The molecule has 5 heteroatoms. The van der Waals surface area contributed by atoms with E-state index in [1.165, 1.54) is 193 Å². The van der Waals surface area contributed by atoms with Gasteiger partial charge in [0.2, 0.25) is 11.8 Å². The van der Waals surface area contributed by atoms with Gasteiger partial charge in [-0.2, -0.15) is 0 Å². The van der Waals surface area contributed by atoms with Crippen molar-refractivity contribution in [1.82, 2.24) is 16.2 Å². The van der Waals surface area contributed by atoms with E-state index in [1.54, 1.807) is 7.05 Å². The molecule has 8 unspecified atom stereocenters. The molecule has 4 rings (SSSR count). The zero-order valence-corrected chi connectivity index (χ0v) is 44.1. The number of allylic oxidation sites excluding steroid dienone is 4. The molecule has 0 bridgehead atoms. The Morgan fingerprint density at radius 1 is 0.524 bits per heavy atom. The van der Waals surface area contributed by atoms with Crippen molar-refractivity contribution in [2.75, 3.05) is 7.05 Å². The van der Waals surface area contributed by atoms with Crippen LogP contribution in [-0.4, -0.2) is 24.9 Å². The Hall–Kier alpha value is -1.62. The summed E-state index contributed by atoms with van der Waals surface area (Å²) in [5.74, 6) is 4.62. The predicted molar refractivity (Wildman–Crippen MR) is 278 cm³/mol. The quantitative estimate of drug-likeness (QED) is 0.0398. The normalized spacial score (nSPS) is 27.1. The fourth-order valence-electron chi connectivity index (χ4n) is 12.6. The number of hydrogen-bond donors (Lipinski definition) is 3. The molecule has 0 saturated heterocycles. The standard InChI is InChI=1S/C42H75N3O2.C12H24.2C2H6/c1-5-6-7-8-9-10-11-12-13-14-15-16-17-18-19-22-39(46)44-35-28-30-42(3)34(32-35)24-26-36-37-27-25-33(21-20-23-40(47)45-43-4)41(37,2)31-29-38(36)42;1-3-5-7-9-11-12-10-8-6-4-2;2*1-2/h12-13,33-38,43H,5-11,14-32H2,1-4H3,(H,44,46)(H,45,47);9,11H,3-8,10,12H2,1-2H3;2*1-2H3/b13-12-;11-9-;;. The fourth-order valence-corrected chi connectivity index (χ4v) is 12.6. The van der Waals surface area contributed by atoms with Crippen LogP contribution < -0.4 is 16.2 Å². The number of amides is 2. The van der Waals surface area contributed by atoms with Crippen LogP contribution in [0.4, 0.5) is 0 Å². The van der Waals surface area contributed by atoms with Crippen LogP contribution in [0.5, 0.6) is 0 Å². The molecule has 370 valence electrons. The van der Waals surface area contributed by atoms with Gasteiger partial charge in [0, 0.05) is 25.9 Å². The molecular formula is C58H111N3O2. The van der Waals surface area contributed by atoms with Crippen molar-refractivity contribution >= 4 is 11.8 Å².